The zero-order chi connectivity index (χ0) is 36.0. The maximum atomic E-state index is 9.21. The third-order valence-corrected chi connectivity index (χ3v) is 8.56. The normalized spacial score (nSPS) is 14.3. The molecule has 44 heavy (non-hydrogen) atoms. The molecule has 8 aromatic carbocycles. The Bertz CT molecular complexity index is 2880. The Hall–Kier alpha value is -5.66. The molecule has 0 N–H and O–H groups in total. The molecule has 0 aliphatic carbocycles. The standard InChI is InChI=1S/C43H28O/c1-2-10-32-25-28(17-18-29(32)9-1)26-39-34-11-3-5-14-37(34)43(38-15-6-4-12-35(38)39)31-21-19-30(20-22-31)33-23-24-42-40(27-33)36-13-7-8-16-41(36)44-42/h1-25,27H,26H2/i3D,4D,5D,6D,11D,12D,14D,15D. The summed E-state index contributed by atoms with van der Waals surface area (Å²) in [6, 6.07) is 32.7. The van der Waals surface area contributed by atoms with Gasteiger partial charge in [-0.3, -0.25) is 0 Å². The first-order chi connectivity index (χ1) is 25.1. The van der Waals surface area contributed by atoms with Crippen molar-refractivity contribution in [2.24, 2.45) is 0 Å². The van der Waals surface area contributed by atoms with E-state index in [-0.39, 0.29) is 52.1 Å². The zero-order valence-corrected chi connectivity index (χ0v) is 23.5. The van der Waals surface area contributed by atoms with Gasteiger partial charge in [-0.2, -0.15) is 0 Å². The third kappa shape index (κ3) is 4.01. The smallest absolute Gasteiger partial charge is 0.135 e. The number of furan rings is 1. The first kappa shape index (κ1) is 18.1. The van der Waals surface area contributed by atoms with Crippen molar-refractivity contribution < 1.29 is 15.4 Å². The molecule has 0 fully saturated rings. The fourth-order valence-corrected chi connectivity index (χ4v) is 6.46. The zero-order valence-electron chi connectivity index (χ0n) is 31.5. The first-order valence-corrected chi connectivity index (χ1v) is 14.6. The van der Waals surface area contributed by atoms with Crippen LogP contribution in [0.5, 0.6) is 0 Å². The van der Waals surface area contributed by atoms with Crippen LogP contribution in [0.25, 0.3) is 76.5 Å². The first-order valence-electron chi connectivity index (χ1n) is 18.6. The Labute approximate surface area is 266 Å². The van der Waals surface area contributed by atoms with E-state index in [0.717, 1.165) is 49.4 Å². The van der Waals surface area contributed by atoms with Crippen LogP contribution in [0.1, 0.15) is 22.1 Å². The van der Waals surface area contributed by atoms with Crippen LogP contribution in [0.15, 0.2) is 162 Å². The van der Waals surface area contributed by atoms with Crippen molar-refractivity contribution in [2.75, 3.05) is 0 Å². The van der Waals surface area contributed by atoms with Crippen LogP contribution < -0.4 is 0 Å². The summed E-state index contributed by atoms with van der Waals surface area (Å²) in [6.45, 7) is 0. The van der Waals surface area contributed by atoms with E-state index < -0.39 is 24.2 Å². The van der Waals surface area contributed by atoms with Gasteiger partial charge in [-0.15, -0.1) is 0 Å². The minimum absolute atomic E-state index is 0.187. The van der Waals surface area contributed by atoms with Crippen molar-refractivity contribution in [3.63, 3.8) is 0 Å². The second-order valence-electron chi connectivity index (χ2n) is 11.1. The van der Waals surface area contributed by atoms with E-state index >= 15 is 0 Å². The van der Waals surface area contributed by atoms with E-state index in [0.29, 0.717) is 16.7 Å². The van der Waals surface area contributed by atoms with Gasteiger partial charge in [0.1, 0.15) is 11.2 Å². The molecule has 0 bridgehead atoms. The van der Waals surface area contributed by atoms with Crippen molar-refractivity contribution >= 4 is 54.3 Å². The van der Waals surface area contributed by atoms with Gasteiger partial charge in [0, 0.05) is 10.8 Å². The summed E-state index contributed by atoms with van der Waals surface area (Å²) in [5, 5.41) is 4.97. The maximum Gasteiger partial charge on any atom is 0.135 e. The number of para-hydroxylation sites is 1. The Morgan fingerprint density at radius 1 is 0.455 bits per heavy atom. The SMILES string of the molecule is [2H]c1c([2H])c([2H])c2c(-c3ccc(-c4ccc5oc6ccccc6c5c4)cc3)c3c([2H])c([2H])c([2H])c([2H])c3c(Cc3ccc4ccccc4c3)c2c1[2H]. The molecule has 1 heterocycles. The minimum Gasteiger partial charge on any atom is -0.456 e. The highest BCUT2D eigenvalue weighted by molar-refractivity contribution is 6.15. The van der Waals surface area contributed by atoms with Crippen LogP contribution in [0.3, 0.4) is 0 Å². The monoisotopic (exact) mass is 568 g/mol. The Morgan fingerprint density at radius 3 is 1.84 bits per heavy atom. The molecular weight excluding hydrogens is 532 g/mol. The van der Waals surface area contributed by atoms with Crippen LogP contribution in [0.4, 0.5) is 0 Å². The summed E-state index contributed by atoms with van der Waals surface area (Å²) in [5.41, 5.74) is 5.64. The summed E-state index contributed by atoms with van der Waals surface area (Å²) >= 11 is 0. The van der Waals surface area contributed by atoms with Gasteiger partial charge in [0.25, 0.3) is 0 Å². The number of benzene rings is 8. The van der Waals surface area contributed by atoms with Crippen molar-refractivity contribution in [1.29, 1.82) is 0 Å². The van der Waals surface area contributed by atoms with E-state index in [9.17, 15) is 5.48 Å². The average Bonchev–Trinajstić information content (AvgIpc) is 3.55. The molecule has 0 saturated heterocycles. The summed E-state index contributed by atoms with van der Waals surface area (Å²) < 4.78 is 77.5. The number of fused-ring (bicyclic) bond motifs is 6. The average molecular weight is 569 g/mol. The molecule has 0 spiro atoms. The second kappa shape index (κ2) is 9.97. The molecule has 0 atom stereocenters. The lowest BCUT2D eigenvalue weighted by Crippen LogP contribution is -1.95. The molecule has 9 aromatic rings. The van der Waals surface area contributed by atoms with E-state index in [4.69, 9.17) is 9.90 Å². The fraction of sp³-hybridized carbons (Fsp3) is 0.0233. The van der Waals surface area contributed by atoms with Crippen LogP contribution in [0, 0.1) is 0 Å². The lowest BCUT2D eigenvalue weighted by molar-refractivity contribution is 0.669. The van der Waals surface area contributed by atoms with Crippen molar-refractivity contribution in [2.45, 2.75) is 6.42 Å². The largest absolute Gasteiger partial charge is 0.456 e. The predicted molar refractivity (Wildman–Crippen MR) is 186 cm³/mol. The lowest BCUT2D eigenvalue weighted by Gasteiger charge is -2.18. The van der Waals surface area contributed by atoms with Crippen molar-refractivity contribution in [1.82, 2.24) is 0 Å². The molecule has 206 valence electrons. The quantitative estimate of drug-likeness (QED) is 0.192. The van der Waals surface area contributed by atoms with E-state index in [2.05, 4.69) is 6.07 Å². The molecular formula is C43H28O. The summed E-state index contributed by atoms with van der Waals surface area (Å²) in [4.78, 5) is 0. The molecule has 0 aliphatic rings. The molecule has 1 aromatic heterocycles. The summed E-state index contributed by atoms with van der Waals surface area (Å²) in [6.07, 6.45) is 0.187. The van der Waals surface area contributed by atoms with Gasteiger partial charge in [-0.1, -0.05) is 139 Å². The number of hydrogen-bond donors (Lipinski definition) is 0. The van der Waals surface area contributed by atoms with Crippen LogP contribution in [0.2, 0.25) is 0 Å². The second-order valence-corrected chi connectivity index (χ2v) is 11.1. The van der Waals surface area contributed by atoms with Gasteiger partial charge in [0.05, 0.1) is 11.0 Å². The maximum absolute atomic E-state index is 9.21. The predicted octanol–water partition coefficient (Wildman–Crippen LogP) is 12.0. The highest BCUT2D eigenvalue weighted by Gasteiger charge is 2.16. The van der Waals surface area contributed by atoms with Crippen LogP contribution in [-0.4, -0.2) is 0 Å². The van der Waals surface area contributed by atoms with E-state index in [1.165, 1.54) is 0 Å². The van der Waals surface area contributed by atoms with Gasteiger partial charge in [0.2, 0.25) is 0 Å². The van der Waals surface area contributed by atoms with Crippen LogP contribution in [-0.2, 0) is 6.42 Å². The molecule has 9 rings (SSSR count). The van der Waals surface area contributed by atoms with Gasteiger partial charge in [0.15, 0.2) is 0 Å². The summed E-state index contributed by atoms with van der Waals surface area (Å²) in [5.74, 6) is 0. The van der Waals surface area contributed by atoms with E-state index in [1.807, 2.05) is 103 Å². The molecule has 1 nitrogen and oxygen atoms in total. The molecule has 0 amide bonds. The Balaban J connectivity index is 1.33. The highest BCUT2D eigenvalue weighted by atomic mass is 16.3. The van der Waals surface area contributed by atoms with Gasteiger partial charge >= 0.3 is 0 Å². The Morgan fingerprint density at radius 2 is 1.07 bits per heavy atom. The van der Waals surface area contributed by atoms with Gasteiger partial charge in [-0.25, -0.2) is 0 Å². The van der Waals surface area contributed by atoms with Crippen LogP contribution >= 0.6 is 0 Å². The topological polar surface area (TPSA) is 13.1 Å². The molecule has 0 radical (unpaired) electrons. The fourth-order valence-electron chi connectivity index (χ4n) is 6.46. The van der Waals surface area contributed by atoms with Gasteiger partial charge in [-0.05, 0) is 90.3 Å². The molecule has 0 saturated carbocycles. The summed E-state index contributed by atoms with van der Waals surface area (Å²) in [7, 11) is 0. The molecule has 0 unspecified atom stereocenters. The Kier molecular flexibility index (Phi) is 4.10. The molecule has 1 heteroatoms. The van der Waals surface area contributed by atoms with Gasteiger partial charge < -0.3 is 4.42 Å². The lowest BCUT2D eigenvalue weighted by atomic mass is 9.86. The highest BCUT2D eigenvalue weighted by Crippen LogP contribution is 2.41. The number of hydrogen-bond acceptors (Lipinski definition) is 1. The van der Waals surface area contributed by atoms with Crippen molar-refractivity contribution in [3.05, 3.63) is 169 Å². The third-order valence-electron chi connectivity index (χ3n) is 8.56. The molecule has 0 aliphatic heterocycles. The van der Waals surface area contributed by atoms with E-state index in [1.54, 1.807) is 0 Å². The van der Waals surface area contributed by atoms with Crippen molar-refractivity contribution in [3.8, 4) is 22.3 Å². The minimum atomic E-state index is -0.409. The number of rotatable bonds is 4.